The summed E-state index contributed by atoms with van der Waals surface area (Å²) < 4.78 is 5.72. The second-order valence-electron chi connectivity index (χ2n) is 6.55. The smallest absolute Gasteiger partial charge is 0.318 e. The van der Waals surface area contributed by atoms with Crippen molar-refractivity contribution in [3.8, 4) is 0 Å². The van der Waals surface area contributed by atoms with Gasteiger partial charge in [-0.25, -0.2) is 0 Å². The molecular weight excluding hydrogens is 256 g/mol. The quantitative estimate of drug-likeness (QED) is 0.853. The third-order valence-electron chi connectivity index (χ3n) is 3.55. The molecule has 1 saturated heterocycles. The third kappa shape index (κ3) is 4.45. The van der Waals surface area contributed by atoms with E-state index in [2.05, 4.69) is 41.2 Å². The highest BCUT2D eigenvalue weighted by atomic mass is 16.4. The van der Waals surface area contributed by atoms with Gasteiger partial charge < -0.3 is 19.7 Å². The fraction of sp³-hybridized carbons (Fsp3) is 0.857. The summed E-state index contributed by atoms with van der Waals surface area (Å²) in [5.41, 5.74) is 0.0337. The van der Waals surface area contributed by atoms with Gasteiger partial charge in [0.1, 0.15) is 0 Å². The number of aromatic nitrogens is 2. The van der Waals surface area contributed by atoms with Crippen molar-refractivity contribution in [2.24, 2.45) is 5.92 Å². The Morgan fingerprint density at radius 2 is 2.20 bits per heavy atom. The van der Waals surface area contributed by atoms with Crippen molar-refractivity contribution in [1.82, 2.24) is 15.5 Å². The van der Waals surface area contributed by atoms with Crippen LogP contribution in [0.3, 0.4) is 0 Å². The van der Waals surface area contributed by atoms with Gasteiger partial charge in [0.25, 0.3) is 0 Å². The van der Waals surface area contributed by atoms with Crippen LogP contribution >= 0.6 is 0 Å². The Labute approximate surface area is 120 Å². The van der Waals surface area contributed by atoms with Gasteiger partial charge in [0.05, 0.1) is 6.54 Å². The zero-order chi connectivity index (χ0) is 14.6. The summed E-state index contributed by atoms with van der Waals surface area (Å²) >= 11 is 0. The van der Waals surface area contributed by atoms with Crippen LogP contribution in [0.15, 0.2) is 4.42 Å². The van der Waals surface area contributed by atoms with Crippen molar-refractivity contribution in [3.05, 3.63) is 5.89 Å². The summed E-state index contributed by atoms with van der Waals surface area (Å²) in [5, 5.41) is 20.6. The molecule has 6 nitrogen and oxygen atoms in total. The number of hydrogen-bond donors (Lipinski definition) is 2. The lowest BCUT2D eigenvalue weighted by atomic mass is 9.95. The van der Waals surface area contributed by atoms with Gasteiger partial charge in [0.15, 0.2) is 0 Å². The molecule has 1 aliphatic rings. The molecule has 6 heteroatoms. The molecule has 0 saturated carbocycles. The minimum atomic E-state index is 0.0337. The predicted molar refractivity (Wildman–Crippen MR) is 77.5 cm³/mol. The number of piperidine rings is 1. The van der Waals surface area contributed by atoms with E-state index in [1.54, 1.807) is 0 Å². The summed E-state index contributed by atoms with van der Waals surface area (Å²) in [6.45, 7) is 9.01. The van der Waals surface area contributed by atoms with Crippen molar-refractivity contribution in [1.29, 1.82) is 0 Å². The van der Waals surface area contributed by atoms with Crippen LogP contribution in [-0.4, -0.2) is 40.5 Å². The first-order valence-corrected chi connectivity index (χ1v) is 7.41. The van der Waals surface area contributed by atoms with Crippen LogP contribution in [0.4, 0.5) is 6.01 Å². The SMILES string of the molecule is CC(C)(C)NCc1nnc(N2CCCC(CCO)C2)o1. The molecule has 0 amide bonds. The van der Waals surface area contributed by atoms with Gasteiger partial charge in [-0.05, 0) is 46.0 Å². The standard InChI is InChI=1S/C14H26N4O2/c1-14(2,3)15-9-12-16-17-13(20-12)18-7-4-5-11(10-18)6-8-19/h11,15,19H,4-10H2,1-3H3. The fourth-order valence-corrected chi connectivity index (χ4v) is 2.44. The Morgan fingerprint density at radius 1 is 1.40 bits per heavy atom. The maximum atomic E-state index is 9.05. The van der Waals surface area contributed by atoms with Crippen molar-refractivity contribution < 1.29 is 9.52 Å². The molecule has 1 atom stereocenters. The first-order chi connectivity index (χ1) is 9.48. The monoisotopic (exact) mass is 282 g/mol. The number of nitrogens with zero attached hydrogens (tertiary/aromatic N) is 3. The maximum Gasteiger partial charge on any atom is 0.318 e. The zero-order valence-corrected chi connectivity index (χ0v) is 12.7. The van der Waals surface area contributed by atoms with Crippen LogP contribution in [-0.2, 0) is 6.54 Å². The predicted octanol–water partition coefficient (Wildman–Crippen LogP) is 1.56. The molecule has 0 radical (unpaired) electrons. The number of hydrogen-bond acceptors (Lipinski definition) is 6. The Morgan fingerprint density at radius 3 is 2.90 bits per heavy atom. The van der Waals surface area contributed by atoms with Gasteiger partial charge >= 0.3 is 6.01 Å². The zero-order valence-electron chi connectivity index (χ0n) is 12.7. The highest BCUT2D eigenvalue weighted by Crippen LogP contribution is 2.23. The molecule has 1 fully saturated rings. The summed E-state index contributed by atoms with van der Waals surface area (Å²) in [4.78, 5) is 2.14. The summed E-state index contributed by atoms with van der Waals surface area (Å²) in [5.74, 6) is 1.15. The average molecular weight is 282 g/mol. The highest BCUT2D eigenvalue weighted by molar-refractivity contribution is 5.25. The van der Waals surface area contributed by atoms with E-state index in [0.29, 0.717) is 24.4 Å². The lowest BCUT2D eigenvalue weighted by Gasteiger charge is -2.30. The number of aliphatic hydroxyl groups is 1. The van der Waals surface area contributed by atoms with Gasteiger partial charge in [-0.15, -0.1) is 5.10 Å². The Kier molecular flexibility index (Phi) is 4.99. The van der Waals surface area contributed by atoms with E-state index in [1.807, 2.05) is 0 Å². The van der Waals surface area contributed by atoms with Gasteiger partial charge in [-0.3, -0.25) is 0 Å². The molecule has 1 aromatic rings. The molecular formula is C14H26N4O2. The number of aliphatic hydroxyl groups excluding tert-OH is 1. The van der Waals surface area contributed by atoms with E-state index in [0.717, 1.165) is 25.9 Å². The second-order valence-corrected chi connectivity index (χ2v) is 6.55. The molecule has 0 bridgehead atoms. The fourth-order valence-electron chi connectivity index (χ4n) is 2.44. The van der Waals surface area contributed by atoms with E-state index in [9.17, 15) is 0 Å². The molecule has 0 aromatic carbocycles. The first kappa shape index (κ1) is 15.3. The average Bonchev–Trinajstić information content (AvgIpc) is 2.85. The summed E-state index contributed by atoms with van der Waals surface area (Å²) in [6.07, 6.45) is 3.13. The molecule has 114 valence electrons. The van der Waals surface area contributed by atoms with E-state index < -0.39 is 0 Å². The lowest BCUT2D eigenvalue weighted by Crippen LogP contribution is -2.36. The van der Waals surface area contributed by atoms with Crippen molar-refractivity contribution in [3.63, 3.8) is 0 Å². The molecule has 1 unspecified atom stereocenters. The second kappa shape index (κ2) is 6.54. The Hall–Kier alpha value is -1.14. The third-order valence-corrected chi connectivity index (χ3v) is 3.55. The van der Waals surface area contributed by atoms with Crippen LogP contribution in [0.1, 0.15) is 45.9 Å². The van der Waals surface area contributed by atoms with E-state index in [4.69, 9.17) is 9.52 Å². The molecule has 2 N–H and O–H groups in total. The van der Waals surface area contributed by atoms with Gasteiger partial charge in [0, 0.05) is 25.2 Å². The molecule has 0 spiro atoms. The minimum absolute atomic E-state index is 0.0337. The van der Waals surface area contributed by atoms with Crippen molar-refractivity contribution in [2.45, 2.75) is 52.1 Å². The number of nitrogens with one attached hydrogen (secondary N) is 1. The first-order valence-electron chi connectivity index (χ1n) is 7.41. The lowest BCUT2D eigenvalue weighted by molar-refractivity contribution is 0.242. The van der Waals surface area contributed by atoms with Gasteiger partial charge in [-0.2, -0.15) is 0 Å². The molecule has 1 aromatic heterocycles. The van der Waals surface area contributed by atoms with Crippen LogP contribution in [0.2, 0.25) is 0 Å². The Balaban J connectivity index is 1.91. The van der Waals surface area contributed by atoms with E-state index >= 15 is 0 Å². The van der Waals surface area contributed by atoms with E-state index in [1.165, 1.54) is 6.42 Å². The Bertz CT molecular complexity index is 412. The molecule has 0 aliphatic carbocycles. The summed E-state index contributed by atoms with van der Waals surface area (Å²) in [7, 11) is 0. The van der Waals surface area contributed by atoms with Crippen LogP contribution < -0.4 is 10.2 Å². The molecule has 2 heterocycles. The van der Waals surface area contributed by atoms with Gasteiger partial charge in [0.2, 0.25) is 5.89 Å². The molecule has 20 heavy (non-hydrogen) atoms. The minimum Gasteiger partial charge on any atom is -0.407 e. The number of rotatable bonds is 5. The topological polar surface area (TPSA) is 74.4 Å². The summed E-state index contributed by atoms with van der Waals surface area (Å²) in [6, 6.07) is 0.610. The van der Waals surface area contributed by atoms with Crippen LogP contribution in [0.25, 0.3) is 0 Å². The highest BCUT2D eigenvalue weighted by Gasteiger charge is 2.23. The van der Waals surface area contributed by atoms with Crippen molar-refractivity contribution in [2.75, 3.05) is 24.6 Å². The van der Waals surface area contributed by atoms with Crippen molar-refractivity contribution >= 4 is 6.01 Å². The van der Waals surface area contributed by atoms with Crippen LogP contribution in [0.5, 0.6) is 0 Å². The molecule has 1 aliphatic heterocycles. The normalized spacial score (nSPS) is 20.4. The number of anilines is 1. The van der Waals surface area contributed by atoms with E-state index in [-0.39, 0.29) is 12.1 Å². The van der Waals surface area contributed by atoms with Gasteiger partial charge in [-0.1, -0.05) is 5.10 Å². The maximum absolute atomic E-state index is 9.05. The molecule has 2 rings (SSSR count). The van der Waals surface area contributed by atoms with Crippen LogP contribution in [0, 0.1) is 5.92 Å². The largest absolute Gasteiger partial charge is 0.407 e.